The molecule has 0 aliphatic rings. The minimum Gasteiger partial charge on any atom is -0.295 e. The third-order valence-electron chi connectivity index (χ3n) is 2.29. The van der Waals surface area contributed by atoms with Crippen molar-refractivity contribution in [1.82, 2.24) is 9.78 Å². The molecule has 0 radical (unpaired) electrons. The summed E-state index contributed by atoms with van der Waals surface area (Å²) in [7, 11) is 1.51. The minimum atomic E-state index is -1.25. The smallest absolute Gasteiger partial charge is 0.275 e. The molecule has 2 aromatic rings. The zero-order valence-electron chi connectivity index (χ0n) is 8.83. The molecular formula is C11H8F2N2O2. The van der Waals surface area contributed by atoms with Crippen LogP contribution in [-0.4, -0.2) is 15.6 Å². The van der Waals surface area contributed by atoms with Crippen molar-refractivity contribution in [3.8, 4) is 0 Å². The number of nitrogens with zero attached hydrogens (tertiary/aromatic N) is 1. The molecule has 0 atom stereocenters. The molecule has 1 aromatic carbocycles. The van der Waals surface area contributed by atoms with Crippen molar-refractivity contribution in [2.75, 3.05) is 0 Å². The summed E-state index contributed by atoms with van der Waals surface area (Å²) < 4.78 is 27.6. The third-order valence-corrected chi connectivity index (χ3v) is 2.29. The van der Waals surface area contributed by atoms with Crippen LogP contribution in [0.3, 0.4) is 0 Å². The van der Waals surface area contributed by atoms with Crippen LogP contribution in [0.2, 0.25) is 0 Å². The molecule has 0 saturated carbocycles. The molecule has 88 valence electrons. The second-order valence-electron chi connectivity index (χ2n) is 3.53. The SMILES string of the molecule is Cn1cc(C(=O)c2cccc(F)c2F)c(=O)[nH]1. The summed E-state index contributed by atoms with van der Waals surface area (Å²) in [6.07, 6.45) is 1.23. The van der Waals surface area contributed by atoms with Gasteiger partial charge in [-0.15, -0.1) is 0 Å². The fourth-order valence-corrected chi connectivity index (χ4v) is 1.49. The molecule has 0 amide bonds. The summed E-state index contributed by atoms with van der Waals surface area (Å²) in [5, 5.41) is 2.32. The van der Waals surface area contributed by atoms with Gasteiger partial charge in [0, 0.05) is 13.2 Å². The second-order valence-corrected chi connectivity index (χ2v) is 3.53. The van der Waals surface area contributed by atoms with Gasteiger partial charge in [-0.25, -0.2) is 8.78 Å². The van der Waals surface area contributed by atoms with Gasteiger partial charge in [0.15, 0.2) is 11.6 Å². The van der Waals surface area contributed by atoms with E-state index in [0.717, 1.165) is 12.1 Å². The van der Waals surface area contributed by atoms with E-state index < -0.39 is 28.5 Å². The number of halogens is 2. The third kappa shape index (κ3) is 1.89. The Labute approximate surface area is 94.5 Å². The van der Waals surface area contributed by atoms with E-state index in [0.29, 0.717) is 0 Å². The molecule has 6 heteroatoms. The topological polar surface area (TPSA) is 54.9 Å². The average molecular weight is 238 g/mol. The molecule has 1 N–H and O–H groups in total. The lowest BCUT2D eigenvalue weighted by molar-refractivity contribution is 0.103. The number of rotatable bonds is 2. The maximum atomic E-state index is 13.4. The van der Waals surface area contributed by atoms with Crippen LogP contribution in [-0.2, 0) is 7.05 Å². The lowest BCUT2D eigenvalue weighted by atomic mass is 10.1. The van der Waals surface area contributed by atoms with Gasteiger partial charge in [-0.3, -0.25) is 19.4 Å². The molecule has 0 spiro atoms. The highest BCUT2D eigenvalue weighted by atomic mass is 19.2. The molecule has 1 aromatic heterocycles. The van der Waals surface area contributed by atoms with Crippen molar-refractivity contribution in [1.29, 1.82) is 0 Å². The largest absolute Gasteiger partial charge is 0.295 e. The van der Waals surface area contributed by atoms with E-state index in [-0.39, 0.29) is 5.56 Å². The molecule has 0 bridgehead atoms. The molecule has 0 unspecified atom stereocenters. The predicted molar refractivity (Wildman–Crippen MR) is 55.8 cm³/mol. The average Bonchev–Trinajstić information content (AvgIpc) is 2.61. The number of aromatic nitrogens is 2. The van der Waals surface area contributed by atoms with Crippen molar-refractivity contribution in [2.45, 2.75) is 0 Å². The van der Waals surface area contributed by atoms with Crippen molar-refractivity contribution >= 4 is 5.78 Å². The fraction of sp³-hybridized carbons (Fsp3) is 0.0909. The van der Waals surface area contributed by atoms with Crippen LogP contribution >= 0.6 is 0 Å². The number of hydrogen-bond acceptors (Lipinski definition) is 2. The van der Waals surface area contributed by atoms with E-state index in [4.69, 9.17) is 0 Å². The van der Waals surface area contributed by atoms with Gasteiger partial charge in [0.1, 0.15) is 5.56 Å². The predicted octanol–water partition coefficient (Wildman–Crippen LogP) is 1.22. The van der Waals surface area contributed by atoms with Gasteiger partial charge in [-0.05, 0) is 12.1 Å². The summed E-state index contributed by atoms with van der Waals surface area (Å²) in [6, 6.07) is 3.25. The quantitative estimate of drug-likeness (QED) is 0.800. The molecule has 4 nitrogen and oxygen atoms in total. The minimum absolute atomic E-state index is 0.225. The van der Waals surface area contributed by atoms with E-state index in [1.54, 1.807) is 0 Å². The standard InChI is InChI=1S/C11H8F2N2O2/c1-15-5-7(11(17)14-15)10(16)6-3-2-4-8(12)9(6)13/h2-5H,1H3,(H,14,17). The van der Waals surface area contributed by atoms with Crippen LogP contribution in [0.4, 0.5) is 8.78 Å². The fourth-order valence-electron chi connectivity index (χ4n) is 1.49. The lowest BCUT2D eigenvalue weighted by Gasteiger charge is -2.00. The summed E-state index contributed by atoms with van der Waals surface area (Å²) in [5.41, 5.74) is -1.32. The maximum absolute atomic E-state index is 13.4. The molecular weight excluding hydrogens is 230 g/mol. The highest BCUT2D eigenvalue weighted by Gasteiger charge is 2.20. The van der Waals surface area contributed by atoms with E-state index >= 15 is 0 Å². The first-order valence-corrected chi connectivity index (χ1v) is 4.75. The number of aryl methyl sites for hydroxylation is 1. The van der Waals surface area contributed by atoms with Gasteiger partial charge in [-0.1, -0.05) is 6.07 Å². The van der Waals surface area contributed by atoms with Crippen LogP contribution in [0.25, 0.3) is 0 Å². The Morgan fingerprint density at radius 1 is 1.29 bits per heavy atom. The zero-order valence-corrected chi connectivity index (χ0v) is 8.83. The van der Waals surface area contributed by atoms with E-state index in [1.807, 2.05) is 0 Å². The van der Waals surface area contributed by atoms with Crippen molar-refractivity contribution in [3.05, 3.63) is 57.5 Å². The van der Waals surface area contributed by atoms with Crippen molar-refractivity contribution in [3.63, 3.8) is 0 Å². The summed E-state index contributed by atoms with van der Waals surface area (Å²) in [6.45, 7) is 0. The zero-order chi connectivity index (χ0) is 12.6. The number of ketones is 1. The second kappa shape index (κ2) is 3.97. The van der Waals surface area contributed by atoms with Crippen molar-refractivity contribution < 1.29 is 13.6 Å². The normalized spacial score (nSPS) is 10.5. The molecule has 0 aliphatic heterocycles. The van der Waals surface area contributed by atoms with E-state index in [1.165, 1.54) is 24.0 Å². The number of hydrogen-bond donors (Lipinski definition) is 1. The van der Waals surface area contributed by atoms with Gasteiger partial charge in [0.25, 0.3) is 5.56 Å². The summed E-state index contributed by atoms with van der Waals surface area (Å²) >= 11 is 0. The van der Waals surface area contributed by atoms with Gasteiger partial charge in [0.2, 0.25) is 5.78 Å². The van der Waals surface area contributed by atoms with Crippen LogP contribution in [0.5, 0.6) is 0 Å². The first kappa shape index (κ1) is 11.3. The van der Waals surface area contributed by atoms with Crippen LogP contribution in [0.15, 0.2) is 29.2 Å². The number of benzene rings is 1. The van der Waals surface area contributed by atoms with E-state index in [9.17, 15) is 18.4 Å². The van der Waals surface area contributed by atoms with Crippen LogP contribution < -0.4 is 5.56 Å². The maximum Gasteiger partial charge on any atom is 0.275 e. The molecule has 17 heavy (non-hydrogen) atoms. The van der Waals surface area contributed by atoms with Crippen molar-refractivity contribution in [2.24, 2.45) is 7.05 Å². The Morgan fingerprint density at radius 3 is 2.59 bits per heavy atom. The molecule has 0 saturated heterocycles. The highest BCUT2D eigenvalue weighted by molar-refractivity contribution is 6.08. The Morgan fingerprint density at radius 2 is 2.00 bits per heavy atom. The Kier molecular flexibility index (Phi) is 2.63. The Hall–Kier alpha value is -2.24. The number of H-pyrrole nitrogens is 1. The first-order valence-electron chi connectivity index (χ1n) is 4.75. The number of carbonyl (C=O) groups excluding carboxylic acids is 1. The monoisotopic (exact) mass is 238 g/mol. The van der Waals surface area contributed by atoms with Gasteiger partial charge in [0.05, 0.1) is 5.56 Å². The van der Waals surface area contributed by atoms with Crippen LogP contribution in [0.1, 0.15) is 15.9 Å². The summed E-state index contributed by atoms with van der Waals surface area (Å²) in [5.74, 6) is -3.21. The van der Waals surface area contributed by atoms with Gasteiger partial charge < -0.3 is 0 Å². The number of carbonyl (C=O) groups is 1. The lowest BCUT2D eigenvalue weighted by Crippen LogP contribution is -2.15. The number of aromatic amines is 1. The highest BCUT2D eigenvalue weighted by Crippen LogP contribution is 2.14. The van der Waals surface area contributed by atoms with Crippen LogP contribution in [0, 0.1) is 11.6 Å². The summed E-state index contributed by atoms with van der Waals surface area (Å²) in [4.78, 5) is 23.2. The molecule has 2 rings (SSSR count). The van der Waals surface area contributed by atoms with E-state index in [2.05, 4.69) is 5.10 Å². The molecule has 0 aliphatic carbocycles. The molecule has 1 heterocycles. The first-order chi connectivity index (χ1) is 8.00. The molecule has 0 fully saturated rings. The number of nitrogens with one attached hydrogen (secondary N) is 1. The Balaban J connectivity index is 2.55. The Bertz CT molecular complexity index is 643. The van der Waals surface area contributed by atoms with Gasteiger partial charge >= 0.3 is 0 Å². The van der Waals surface area contributed by atoms with Gasteiger partial charge in [-0.2, -0.15) is 0 Å².